The van der Waals surface area contributed by atoms with Crippen LogP contribution in [0.4, 0.5) is 0 Å². The van der Waals surface area contributed by atoms with Gasteiger partial charge in [0.1, 0.15) is 0 Å². The number of esters is 2. The van der Waals surface area contributed by atoms with E-state index in [-0.39, 0.29) is 23.8 Å². The molecule has 0 aromatic rings. The first-order valence-electron chi connectivity index (χ1n) is 4.53. The van der Waals surface area contributed by atoms with Crippen molar-refractivity contribution in [1.82, 2.24) is 0 Å². The summed E-state index contributed by atoms with van der Waals surface area (Å²) in [5, 5.41) is 0. The van der Waals surface area contributed by atoms with Gasteiger partial charge < -0.3 is 4.74 Å². The fourth-order valence-electron chi connectivity index (χ4n) is 3.20. The molecule has 1 aliphatic heterocycles. The number of fused-ring (bicyclic) bond motifs is 5. The third kappa shape index (κ3) is 0.586. The van der Waals surface area contributed by atoms with E-state index in [1.54, 1.807) is 0 Å². The minimum absolute atomic E-state index is 0.0590. The van der Waals surface area contributed by atoms with Crippen LogP contribution in [-0.2, 0) is 14.3 Å². The highest BCUT2D eigenvalue weighted by atomic mass is 16.6. The minimum Gasteiger partial charge on any atom is -0.393 e. The van der Waals surface area contributed by atoms with E-state index in [1.807, 2.05) is 0 Å². The Kier molecular flexibility index (Phi) is 1.05. The van der Waals surface area contributed by atoms with Crippen LogP contribution in [0.15, 0.2) is 0 Å². The van der Waals surface area contributed by atoms with E-state index in [2.05, 4.69) is 4.74 Å². The largest absolute Gasteiger partial charge is 0.393 e. The molecule has 64 valence electrons. The van der Waals surface area contributed by atoms with Crippen LogP contribution in [0.5, 0.6) is 0 Å². The zero-order valence-electron chi connectivity index (χ0n) is 6.66. The molecule has 2 aliphatic carbocycles. The van der Waals surface area contributed by atoms with Crippen molar-refractivity contribution in [3.8, 4) is 0 Å². The fraction of sp³-hybridized carbons (Fsp3) is 0.778. The number of rotatable bonds is 0. The third-order valence-corrected chi connectivity index (χ3v) is 3.66. The van der Waals surface area contributed by atoms with E-state index >= 15 is 0 Å². The molecule has 0 N–H and O–H groups in total. The average molecular weight is 166 g/mol. The lowest BCUT2D eigenvalue weighted by Crippen LogP contribution is -2.24. The Hall–Kier alpha value is -0.860. The van der Waals surface area contributed by atoms with E-state index in [0.717, 1.165) is 19.3 Å². The maximum atomic E-state index is 11.2. The normalized spacial score (nSPS) is 49.7. The number of ether oxygens (including phenoxy) is 1. The summed E-state index contributed by atoms with van der Waals surface area (Å²) >= 11 is 0. The highest BCUT2D eigenvalue weighted by Crippen LogP contribution is 2.55. The van der Waals surface area contributed by atoms with Crippen LogP contribution in [0, 0.1) is 23.7 Å². The summed E-state index contributed by atoms with van der Waals surface area (Å²) in [5.74, 6) is 0.291. The summed E-state index contributed by atoms with van der Waals surface area (Å²) in [4.78, 5) is 22.4. The lowest BCUT2D eigenvalue weighted by atomic mass is 9.81. The molecule has 0 spiro atoms. The number of carbonyl (C=O) groups excluding carboxylic acids is 2. The Morgan fingerprint density at radius 3 is 2.00 bits per heavy atom. The van der Waals surface area contributed by atoms with E-state index < -0.39 is 0 Å². The van der Waals surface area contributed by atoms with Gasteiger partial charge in [-0.15, -0.1) is 0 Å². The molecule has 3 rings (SSSR count). The lowest BCUT2D eigenvalue weighted by Gasteiger charge is -2.17. The maximum Gasteiger partial charge on any atom is 0.317 e. The smallest absolute Gasteiger partial charge is 0.317 e. The topological polar surface area (TPSA) is 43.4 Å². The summed E-state index contributed by atoms with van der Waals surface area (Å²) in [6.07, 6.45) is 3.32. The summed E-state index contributed by atoms with van der Waals surface area (Å²) in [6.45, 7) is 0. The van der Waals surface area contributed by atoms with Crippen molar-refractivity contribution in [2.24, 2.45) is 23.7 Å². The van der Waals surface area contributed by atoms with Crippen LogP contribution < -0.4 is 0 Å². The van der Waals surface area contributed by atoms with Crippen LogP contribution in [0.2, 0.25) is 0 Å². The predicted octanol–water partition coefficient (Wildman–Crippen LogP) is 0.732. The van der Waals surface area contributed by atoms with Crippen LogP contribution in [0.25, 0.3) is 0 Å². The molecule has 3 nitrogen and oxygen atoms in total. The molecule has 2 unspecified atom stereocenters. The number of hydrogen-bond donors (Lipinski definition) is 0. The summed E-state index contributed by atoms with van der Waals surface area (Å²) in [5.41, 5.74) is 0. The summed E-state index contributed by atoms with van der Waals surface area (Å²) < 4.78 is 4.63. The van der Waals surface area contributed by atoms with Gasteiger partial charge in [0.05, 0.1) is 11.8 Å². The van der Waals surface area contributed by atoms with Crippen molar-refractivity contribution in [1.29, 1.82) is 0 Å². The van der Waals surface area contributed by atoms with Crippen molar-refractivity contribution in [3.05, 3.63) is 0 Å². The Balaban J connectivity index is 2.03. The van der Waals surface area contributed by atoms with Gasteiger partial charge in [0.15, 0.2) is 0 Å². The summed E-state index contributed by atoms with van der Waals surface area (Å²) in [6, 6.07) is 0. The van der Waals surface area contributed by atoms with E-state index in [4.69, 9.17) is 0 Å². The standard InChI is InChI=1S/C9H10O3/c10-8-6-4-1-2-5(3-4)7(6)9(11)12-8/h4-7H,1-3H2/t4-,5?,6?,7+/m0/s1. The van der Waals surface area contributed by atoms with Gasteiger partial charge in [0.25, 0.3) is 0 Å². The zero-order valence-corrected chi connectivity index (χ0v) is 6.66. The number of carbonyl (C=O) groups is 2. The van der Waals surface area contributed by atoms with Crippen LogP contribution in [0.1, 0.15) is 19.3 Å². The van der Waals surface area contributed by atoms with Crippen molar-refractivity contribution >= 4 is 11.9 Å². The second-order valence-corrected chi connectivity index (χ2v) is 4.12. The van der Waals surface area contributed by atoms with Gasteiger partial charge in [-0.2, -0.15) is 0 Å². The average Bonchev–Trinajstić information content (AvgIpc) is 2.64. The highest BCUT2D eigenvalue weighted by molar-refractivity contribution is 5.97. The molecule has 1 saturated heterocycles. The Morgan fingerprint density at radius 2 is 1.50 bits per heavy atom. The fourth-order valence-corrected chi connectivity index (χ4v) is 3.20. The van der Waals surface area contributed by atoms with Gasteiger partial charge in [-0.1, -0.05) is 0 Å². The molecule has 3 aliphatic rings. The van der Waals surface area contributed by atoms with Crippen molar-refractivity contribution < 1.29 is 14.3 Å². The number of hydrogen-bond acceptors (Lipinski definition) is 3. The SMILES string of the molecule is O=C1OC(=O)[C@@H]2C3CC[C@@H](C3)C12. The molecule has 3 fully saturated rings. The molecule has 0 radical (unpaired) electrons. The van der Waals surface area contributed by atoms with Gasteiger partial charge >= 0.3 is 11.9 Å². The molecule has 0 amide bonds. The van der Waals surface area contributed by atoms with Gasteiger partial charge in [0, 0.05) is 0 Å². The first kappa shape index (κ1) is 6.63. The van der Waals surface area contributed by atoms with Crippen LogP contribution >= 0.6 is 0 Å². The number of cyclic esters (lactones) is 2. The second kappa shape index (κ2) is 1.90. The lowest BCUT2D eigenvalue weighted by molar-refractivity contribution is -0.154. The highest BCUT2D eigenvalue weighted by Gasteiger charge is 2.59. The minimum atomic E-state index is -0.253. The summed E-state index contributed by atoms with van der Waals surface area (Å²) in [7, 11) is 0. The molecule has 4 atom stereocenters. The van der Waals surface area contributed by atoms with Gasteiger partial charge in [0.2, 0.25) is 0 Å². The van der Waals surface area contributed by atoms with Crippen LogP contribution in [-0.4, -0.2) is 11.9 Å². The molecule has 2 bridgehead atoms. The van der Waals surface area contributed by atoms with Crippen molar-refractivity contribution in [2.45, 2.75) is 19.3 Å². The van der Waals surface area contributed by atoms with Crippen molar-refractivity contribution in [3.63, 3.8) is 0 Å². The second-order valence-electron chi connectivity index (χ2n) is 4.12. The molecule has 3 heteroatoms. The van der Waals surface area contributed by atoms with Crippen LogP contribution in [0.3, 0.4) is 0 Å². The van der Waals surface area contributed by atoms with Gasteiger partial charge in [-0.25, -0.2) is 0 Å². The Morgan fingerprint density at radius 1 is 1.00 bits per heavy atom. The molecule has 12 heavy (non-hydrogen) atoms. The van der Waals surface area contributed by atoms with Gasteiger partial charge in [-0.3, -0.25) is 9.59 Å². The molecule has 0 aromatic carbocycles. The molecule has 2 saturated carbocycles. The maximum absolute atomic E-state index is 11.2. The predicted molar refractivity (Wildman–Crippen MR) is 38.9 cm³/mol. The van der Waals surface area contributed by atoms with E-state index in [0.29, 0.717) is 11.8 Å². The first-order chi connectivity index (χ1) is 5.77. The molecular formula is C9H10O3. The first-order valence-corrected chi connectivity index (χ1v) is 4.53. The zero-order chi connectivity index (χ0) is 8.29. The monoisotopic (exact) mass is 166 g/mol. The van der Waals surface area contributed by atoms with Crippen molar-refractivity contribution in [2.75, 3.05) is 0 Å². The van der Waals surface area contributed by atoms with E-state index in [9.17, 15) is 9.59 Å². The molecule has 1 heterocycles. The van der Waals surface area contributed by atoms with E-state index in [1.165, 1.54) is 0 Å². The molecular weight excluding hydrogens is 156 g/mol. The Labute approximate surface area is 70.1 Å². The molecule has 0 aromatic heterocycles. The Bertz CT molecular complexity index is 245. The van der Waals surface area contributed by atoms with Gasteiger partial charge in [-0.05, 0) is 31.1 Å². The quantitative estimate of drug-likeness (QED) is 0.393. The third-order valence-electron chi connectivity index (χ3n) is 3.66.